The summed E-state index contributed by atoms with van der Waals surface area (Å²) in [5, 5.41) is 3.10. The number of benzene rings is 1. The third-order valence-electron chi connectivity index (χ3n) is 4.67. The average molecular weight is 243 g/mol. The summed E-state index contributed by atoms with van der Waals surface area (Å²) in [5.74, 6) is 0.592. The molecule has 0 atom stereocenters. The Bertz CT molecular complexity index is 484. The van der Waals surface area contributed by atoms with Gasteiger partial charge >= 0.3 is 0 Å². The van der Waals surface area contributed by atoms with Crippen LogP contribution in [-0.4, -0.2) is 12.5 Å². The van der Waals surface area contributed by atoms with Crippen molar-refractivity contribution in [1.82, 2.24) is 5.32 Å². The first-order valence-electron chi connectivity index (χ1n) is 7.05. The van der Waals surface area contributed by atoms with Crippen LogP contribution in [0, 0.1) is 0 Å². The number of carbonyl (C=O) groups is 1. The van der Waals surface area contributed by atoms with E-state index in [0.29, 0.717) is 5.92 Å². The van der Waals surface area contributed by atoms with E-state index in [-0.39, 0.29) is 11.3 Å². The molecule has 18 heavy (non-hydrogen) atoms. The quantitative estimate of drug-likeness (QED) is 0.805. The van der Waals surface area contributed by atoms with Gasteiger partial charge in [-0.05, 0) is 36.0 Å². The maximum Gasteiger partial charge on any atom is 0.251 e. The molecule has 2 nitrogen and oxygen atoms in total. The van der Waals surface area contributed by atoms with E-state index in [1.165, 1.54) is 36.8 Å². The zero-order chi connectivity index (χ0) is 12.8. The van der Waals surface area contributed by atoms with Crippen LogP contribution in [0.4, 0.5) is 0 Å². The van der Waals surface area contributed by atoms with Crippen molar-refractivity contribution >= 4 is 5.91 Å². The average Bonchev–Trinajstić information content (AvgIpc) is 2.83. The molecule has 1 fully saturated rings. The molecule has 0 radical (unpaired) electrons. The van der Waals surface area contributed by atoms with Crippen molar-refractivity contribution in [2.75, 3.05) is 6.54 Å². The Hall–Kier alpha value is -1.31. The fraction of sp³-hybridized carbons (Fsp3) is 0.562. The number of rotatable bonds is 1. The summed E-state index contributed by atoms with van der Waals surface area (Å²) in [4.78, 5) is 12.1. The molecule has 3 rings (SSSR count). The predicted octanol–water partition coefficient (Wildman–Crippen LogP) is 3.37. The second kappa shape index (κ2) is 4.11. The van der Waals surface area contributed by atoms with Gasteiger partial charge in [0.1, 0.15) is 0 Å². The van der Waals surface area contributed by atoms with Crippen molar-refractivity contribution in [3.05, 3.63) is 34.9 Å². The van der Waals surface area contributed by atoms with E-state index in [9.17, 15) is 4.79 Å². The van der Waals surface area contributed by atoms with Crippen molar-refractivity contribution in [3.63, 3.8) is 0 Å². The molecule has 2 heteroatoms. The van der Waals surface area contributed by atoms with E-state index in [1.807, 2.05) is 0 Å². The van der Waals surface area contributed by atoms with E-state index < -0.39 is 0 Å². The van der Waals surface area contributed by atoms with Gasteiger partial charge in [-0.1, -0.05) is 38.8 Å². The summed E-state index contributed by atoms with van der Waals surface area (Å²) < 4.78 is 0. The Morgan fingerprint density at radius 2 is 1.94 bits per heavy atom. The first-order chi connectivity index (χ1) is 8.62. The number of nitrogens with one attached hydrogen (secondary N) is 1. The molecule has 0 unspecified atom stereocenters. The maximum absolute atomic E-state index is 12.1. The number of hydrogen-bond acceptors (Lipinski definition) is 1. The highest BCUT2D eigenvalue weighted by Crippen LogP contribution is 2.44. The standard InChI is InChI=1S/C16H21NO/c1-11(2)12-5-6-14-13(9-12)15(18)17-10-16(14)7-3-4-8-16/h5-6,9,11H,3-4,7-8,10H2,1-2H3,(H,17,18). The van der Waals surface area contributed by atoms with Gasteiger partial charge in [-0.25, -0.2) is 0 Å². The number of carbonyl (C=O) groups excluding carboxylic acids is 1. The van der Waals surface area contributed by atoms with Crippen LogP contribution >= 0.6 is 0 Å². The molecule has 1 heterocycles. The van der Waals surface area contributed by atoms with Gasteiger partial charge in [-0.3, -0.25) is 4.79 Å². The van der Waals surface area contributed by atoms with Gasteiger partial charge in [0, 0.05) is 17.5 Å². The molecule has 1 aromatic carbocycles. The third kappa shape index (κ3) is 1.66. The molecule has 0 saturated heterocycles. The first kappa shape index (κ1) is 11.8. The molecular weight excluding hydrogens is 222 g/mol. The molecule has 1 amide bonds. The zero-order valence-electron chi connectivity index (χ0n) is 11.3. The monoisotopic (exact) mass is 243 g/mol. The molecule has 1 aliphatic carbocycles. The molecule has 1 aromatic rings. The molecule has 96 valence electrons. The van der Waals surface area contributed by atoms with Crippen molar-refractivity contribution < 1.29 is 4.79 Å². The van der Waals surface area contributed by atoms with E-state index in [1.54, 1.807) is 0 Å². The van der Waals surface area contributed by atoms with Crippen molar-refractivity contribution in [1.29, 1.82) is 0 Å². The van der Waals surface area contributed by atoms with Crippen LogP contribution < -0.4 is 5.32 Å². The fourth-order valence-electron chi connectivity index (χ4n) is 3.51. The Morgan fingerprint density at radius 3 is 2.61 bits per heavy atom. The van der Waals surface area contributed by atoms with E-state index in [0.717, 1.165) is 12.1 Å². The number of fused-ring (bicyclic) bond motifs is 2. The molecule has 0 bridgehead atoms. The highest BCUT2D eigenvalue weighted by atomic mass is 16.1. The van der Waals surface area contributed by atoms with Crippen LogP contribution in [0.1, 0.15) is 66.9 Å². The van der Waals surface area contributed by atoms with Crippen LogP contribution in [0.25, 0.3) is 0 Å². The summed E-state index contributed by atoms with van der Waals surface area (Å²) in [7, 11) is 0. The van der Waals surface area contributed by atoms with Crippen LogP contribution in [0.3, 0.4) is 0 Å². The van der Waals surface area contributed by atoms with Crippen molar-refractivity contribution in [3.8, 4) is 0 Å². The molecular formula is C16H21NO. The normalized spacial score (nSPS) is 21.2. The zero-order valence-corrected chi connectivity index (χ0v) is 11.3. The second-order valence-corrected chi connectivity index (χ2v) is 6.13. The Kier molecular flexibility index (Phi) is 2.69. The summed E-state index contributed by atoms with van der Waals surface area (Å²) in [5.41, 5.74) is 3.72. The van der Waals surface area contributed by atoms with Crippen LogP contribution in [-0.2, 0) is 5.41 Å². The minimum absolute atomic E-state index is 0.116. The number of hydrogen-bond donors (Lipinski definition) is 1. The van der Waals surface area contributed by atoms with Gasteiger partial charge < -0.3 is 5.32 Å². The molecule has 0 aromatic heterocycles. The van der Waals surface area contributed by atoms with E-state index >= 15 is 0 Å². The van der Waals surface area contributed by atoms with E-state index in [2.05, 4.69) is 37.4 Å². The number of amides is 1. The highest BCUT2D eigenvalue weighted by molar-refractivity contribution is 5.97. The van der Waals surface area contributed by atoms with Crippen molar-refractivity contribution in [2.24, 2.45) is 0 Å². The summed E-state index contributed by atoms with van der Waals surface area (Å²) in [6.07, 6.45) is 5.03. The molecule has 1 saturated carbocycles. The van der Waals surface area contributed by atoms with Crippen molar-refractivity contribution in [2.45, 2.75) is 50.9 Å². The molecule has 2 aliphatic rings. The topological polar surface area (TPSA) is 29.1 Å². The van der Waals surface area contributed by atoms with Gasteiger partial charge in [0.2, 0.25) is 0 Å². The van der Waals surface area contributed by atoms with Crippen LogP contribution in [0.2, 0.25) is 0 Å². The van der Waals surface area contributed by atoms with E-state index in [4.69, 9.17) is 0 Å². The van der Waals surface area contributed by atoms with Gasteiger partial charge in [0.05, 0.1) is 0 Å². The summed E-state index contributed by atoms with van der Waals surface area (Å²) >= 11 is 0. The Labute approximate surface area is 109 Å². The largest absolute Gasteiger partial charge is 0.351 e. The molecule has 1 N–H and O–H groups in total. The Balaban J connectivity index is 2.11. The molecule has 1 spiro atoms. The predicted molar refractivity (Wildman–Crippen MR) is 73.0 cm³/mol. The first-order valence-corrected chi connectivity index (χ1v) is 7.05. The highest BCUT2D eigenvalue weighted by Gasteiger charge is 2.41. The molecule has 1 aliphatic heterocycles. The summed E-state index contributed by atoms with van der Waals surface area (Å²) in [6.45, 7) is 5.18. The van der Waals surface area contributed by atoms with Gasteiger partial charge in [-0.2, -0.15) is 0 Å². The second-order valence-electron chi connectivity index (χ2n) is 6.13. The SMILES string of the molecule is CC(C)c1ccc2c(c1)C(=O)NCC21CCCC1. The van der Waals surface area contributed by atoms with Gasteiger partial charge in [-0.15, -0.1) is 0 Å². The lowest BCUT2D eigenvalue weighted by Gasteiger charge is -2.36. The smallest absolute Gasteiger partial charge is 0.251 e. The van der Waals surface area contributed by atoms with Gasteiger partial charge in [0.25, 0.3) is 5.91 Å². The minimum Gasteiger partial charge on any atom is -0.351 e. The fourth-order valence-corrected chi connectivity index (χ4v) is 3.51. The Morgan fingerprint density at radius 1 is 1.22 bits per heavy atom. The van der Waals surface area contributed by atoms with Crippen LogP contribution in [0.15, 0.2) is 18.2 Å². The maximum atomic E-state index is 12.1. The lowest BCUT2D eigenvalue weighted by molar-refractivity contribution is 0.0924. The van der Waals surface area contributed by atoms with Crippen LogP contribution in [0.5, 0.6) is 0 Å². The van der Waals surface area contributed by atoms with Gasteiger partial charge in [0.15, 0.2) is 0 Å². The third-order valence-corrected chi connectivity index (χ3v) is 4.67. The summed E-state index contributed by atoms with van der Waals surface area (Å²) in [6, 6.07) is 6.53. The lowest BCUT2D eigenvalue weighted by atomic mass is 9.73. The lowest BCUT2D eigenvalue weighted by Crippen LogP contribution is -2.45. The minimum atomic E-state index is 0.116.